The van der Waals surface area contributed by atoms with Crippen molar-refractivity contribution in [3.05, 3.63) is 29.8 Å². The first-order chi connectivity index (χ1) is 10.7. The largest absolute Gasteiger partial charge is 0.484 e. The lowest BCUT2D eigenvalue weighted by Gasteiger charge is -2.13. The Kier molecular flexibility index (Phi) is 6.87. The van der Waals surface area contributed by atoms with Gasteiger partial charge in [0.2, 0.25) is 0 Å². The van der Waals surface area contributed by atoms with Crippen LogP contribution >= 0.6 is 0 Å². The lowest BCUT2D eigenvalue weighted by Crippen LogP contribution is -2.32. The number of ether oxygens (including phenoxy) is 1. The molecular weight excluding hydrogens is 315 g/mol. The maximum atomic E-state index is 12.0. The van der Waals surface area contributed by atoms with Gasteiger partial charge < -0.3 is 15.2 Å². The highest BCUT2D eigenvalue weighted by molar-refractivity contribution is 5.94. The van der Waals surface area contributed by atoms with E-state index in [1.807, 2.05) is 6.92 Å². The molecule has 0 saturated carbocycles. The van der Waals surface area contributed by atoms with Gasteiger partial charge in [-0.2, -0.15) is 13.2 Å². The second-order valence-electron chi connectivity index (χ2n) is 4.96. The van der Waals surface area contributed by atoms with Crippen molar-refractivity contribution in [3.8, 4) is 5.75 Å². The van der Waals surface area contributed by atoms with Crippen LogP contribution in [0.3, 0.4) is 0 Å². The standard InChI is InChI=1S/C15H18F3NO4/c1-2-3-11(14(21)22)8-19-13(20)10-4-6-12(7-5-10)23-9-15(16,17)18/h4-7,11H,2-3,8-9H2,1H3,(H,19,20)(H,21,22). The number of benzene rings is 1. The predicted molar refractivity (Wildman–Crippen MR) is 76.4 cm³/mol. The molecule has 1 aromatic carbocycles. The minimum atomic E-state index is -4.43. The fraction of sp³-hybridized carbons (Fsp3) is 0.467. The first-order valence-corrected chi connectivity index (χ1v) is 7.03. The van der Waals surface area contributed by atoms with Gasteiger partial charge in [-0.05, 0) is 30.7 Å². The lowest BCUT2D eigenvalue weighted by molar-refractivity contribution is -0.153. The minimum Gasteiger partial charge on any atom is -0.484 e. The van der Waals surface area contributed by atoms with E-state index in [-0.39, 0.29) is 17.9 Å². The highest BCUT2D eigenvalue weighted by atomic mass is 19.4. The van der Waals surface area contributed by atoms with Crippen molar-refractivity contribution in [1.82, 2.24) is 5.32 Å². The number of carbonyl (C=O) groups is 2. The fourth-order valence-electron chi connectivity index (χ4n) is 1.85. The van der Waals surface area contributed by atoms with E-state index in [4.69, 9.17) is 5.11 Å². The Morgan fingerprint density at radius 2 is 1.87 bits per heavy atom. The summed E-state index contributed by atoms with van der Waals surface area (Å²) in [5, 5.41) is 11.5. The molecule has 0 radical (unpaired) electrons. The van der Waals surface area contributed by atoms with Crippen molar-refractivity contribution in [2.24, 2.45) is 5.92 Å². The van der Waals surface area contributed by atoms with Gasteiger partial charge in [-0.15, -0.1) is 0 Å². The van der Waals surface area contributed by atoms with E-state index >= 15 is 0 Å². The fourth-order valence-corrected chi connectivity index (χ4v) is 1.85. The normalized spacial score (nSPS) is 12.5. The van der Waals surface area contributed by atoms with Crippen molar-refractivity contribution in [2.45, 2.75) is 25.9 Å². The van der Waals surface area contributed by atoms with E-state index in [2.05, 4.69) is 10.1 Å². The van der Waals surface area contributed by atoms with Crippen LogP contribution < -0.4 is 10.1 Å². The molecule has 1 amide bonds. The van der Waals surface area contributed by atoms with Gasteiger partial charge in [0.15, 0.2) is 6.61 Å². The summed E-state index contributed by atoms with van der Waals surface area (Å²) in [7, 11) is 0. The zero-order valence-electron chi connectivity index (χ0n) is 12.5. The molecule has 0 saturated heterocycles. The van der Waals surface area contributed by atoms with Gasteiger partial charge >= 0.3 is 12.1 Å². The van der Waals surface area contributed by atoms with Crippen LogP contribution in [0.5, 0.6) is 5.75 Å². The van der Waals surface area contributed by atoms with Gasteiger partial charge in [0, 0.05) is 12.1 Å². The Labute approximate surface area is 131 Å². The van der Waals surface area contributed by atoms with Crippen LogP contribution in [0.2, 0.25) is 0 Å². The molecule has 2 N–H and O–H groups in total. The number of carbonyl (C=O) groups excluding carboxylic acids is 1. The number of alkyl halides is 3. The average Bonchev–Trinajstić information content (AvgIpc) is 2.48. The number of carboxylic acid groups (broad SMARTS) is 1. The molecule has 0 spiro atoms. The second-order valence-corrected chi connectivity index (χ2v) is 4.96. The summed E-state index contributed by atoms with van der Waals surface area (Å²) in [6, 6.07) is 5.13. The third-order valence-electron chi connectivity index (χ3n) is 3.01. The van der Waals surface area contributed by atoms with Gasteiger partial charge in [0.25, 0.3) is 5.91 Å². The van der Waals surface area contributed by atoms with Crippen LogP contribution in [0.25, 0.3) is 0 Å². The van der Waals surface area contributed by atoms with Crippen LogP contribution in [0.15, 0.2) is 24.3 Å². The lowest BCUT2D eigenvalue weighted by atomic mass is 10.0. The van der Waals surface area contributed by atoms with Crippen molar-refractivity contribution < 1.29 is 32.6 Å². The van der Waals surface area contributed by atoms with Crippen LogP contribution in [-0.2, 0) is 4.79 Å². The van der Waals surface area contributed by atoms with Gasteiger partial charge in [0.05, 0.1) is 5.92 Å². The molecule has 0 heterocycles. The molecule has 0 aliphatic heterocycles. The molecule has 0 fully saturated rings. The topological polar surface area (TPSA) is 75.6 Å². The summed E-state index contributed by atoms with van der Waals surface area (Å²) in [6.07, 6.45) is -3.31. The Balaban J connectivity index is 2.55. The number of halogens is 3. The van der Waals surface area contributed by atoms with Crippen LogP contribution in [0.4, 0.5) is 13.2 Å². The third-order valence-corrected chi connectivity index (χ3v) is 3.01. The zero-order valence-corrected chi connectivity index (χ0v) is 12.5. The van der Waals surface area contributed by atoms with E-state index in [0.717, 1.165) is 0 Å². The molecular formula is C15H18F3NO4. The smallest absolute Gasteiger partial charge is 0.422 e. The van der Waals surface area contributed by atoms with E-state index in [1.54, 1.807) is 0 Å². The number of amides is 1. The van der Waals surface area contributed by atoms with Crippen LogP contribution in [0, 0.1) is 5.92 Å². The first-order valence-electron chi connectivity index (χ1n) is 7.03. The predicted octanol–water partition coefficient (Wildman–Crippen LogP) is 2.86. The first kappa shape index (κ1) is 18.8. The number of hydrogen-bond donors (Lipinski definition) is 2. The van der Waals surface area contributed by atoms with Crippen molar-refractivity contribution in [2.75, 3.05) is 13.2 Å². The summed E-state index contributed by atoms with van der Waals surface area (Å²) >= 11 is 0. The monoisotopic (exact) mass is 333 g/mol. The average molecular weight is 333 g/mol. The second kappa shape index (κ2) is 8.40. The molecule has 23 heavy (non-hydrogen) atoms. The highest BCUT2D eigenvalue weighted by Crippen LogP contribution is 2.18. The molecule has 0 bridgehead atoms. The zero-order chi connectivity index (χ0) is 17.5. The highest BCUT2D eigenvalue weighted by Gasteiger charge is 2.28. The molecule has 128 valence electrons. The Morgan fingerprint density at radius 3 is 2.35 bits per heavy atom. The van der Waals surface area contributed by atoms with E-state index in [1.165, 1.54) is 24.3 Å². The summed E-state index contributed by atoms with van der Waals surface area (Å²) in [6.45, 7) is 0.432. The number of carboxylic acids is 1. The van der Waals surface area contributed by atoms with E-state index in [9.17, 15) is 22.8 Å². The number of aliphatic carboxylic acids is 1. The quantitative estimate of drug-likeness (QED) is 0.767. The summed E-state index contributed by atoms with van der Waals surface area (Å²) < 4.78 is 40.6. The van der Waals surface area contributed by atoms with Crippen molar-refractivity contribution >= 4 is 11.9 Å². The molecule has 0 aliphatic rings. The van der Waals surface area contributed by atoms with Gasteiger partial charge in [-0.25, -0.2) is 0 Å². The van der Waals surface area contributed by atoms with Gasteiger partial charge in [-0.1, -0.05) is 13.3 Å². The molecule has 0 aromatic heterocycles. The van der Waals surface area contributed by atoms with Gasteiger partial charge in [0.1, 0.15) is 5.75 Å². The number of hydrogen-bond acceptors (Lipinski definition) is 3. The van der Waals surface area contributed by atoms with E-state index in [0.29, 0.717) is 12.8 Å². The van der Waals surface area contributed by atoms with Crippen LogP contribution in [-0.4, -0.2) is 36.3 Å². The van der Waals surface area contributed by atoms with Crippen molar-refractivity contribution in [3.63, 3.8) is 0 Å². The minimum absolute atomic E-state index is 0.00562. The number of rotatable bonds is 8. The summed E-state index contributed by atoms with van der Waals surface area (Å²) in [4.78, 5) is 22.9. The maximum absolute atomic E-state index is 12.0. The molecule has 1 atom stereocenters. The van der Waals surface area contributed by atoms with Gasteiger partial charge in [-0.3, -0.25) is 9.59 Å². The Hall–Kier alpha value is -2.25. The molecule has 1 rings (SSSR count). The Bertz CT molecular complexity index is 529. The van der Waals surface area contributed by atoms with Crippen molar-refractivity contribution in [1.29, 1.82) is 0 Å². The Morgan fingerprint density at radius 1 is 1.26 bits per heavy atom. The molecule has 8 heteroatoms. The molecule has 1 unspecified atom stereocenters. The summed E-state index contributed by atoms with van der Waals surface area (Å²) in [5.41, 5.74) is 0.213. The molecule has 0 aliphatic carbocycles. The van der Waals surface area contributed by atoms with Crippen LogP contribution in [0.1, 0.15) is 30.1 Å². The molecule has 5 nitrogen and oxygen atoms in total. The van der Waals surface area contributed by atoms with E-state index < -0.39 is 30.6 Å². The number of nitrogens with one attached hydrogen (secondary N) is 1. The SMILES string of the molecule is CCCC(CNC(=O)c1ccc(OCC(F)(F)F)cc1)C(=O)O. The summed E-state index contributed by atoms with van der Waals surface area (Å²) in [5.74, 6) is -2.15. The molecule has 1 aromatic rings. The maximum Gasteiger partial charge on any atom is 0.422 e. The third kappa shape index (κ3) is 7.03.